The first-order valence-electron chi connectivity index (χ1n) is 42.8. The molecule has 8 nitrogen and oxygen atoms in total. The molecule has 3 aromatic carbocycles. The highest BCUT2D eigenvalue weighted by atomic mass is 16.5. The van der Waals surface area contributed by atoms with Crippen molar-refractivity contribution < 1.29 is 38.6 Å². The molecule has 0 aliphatic carbocycles. The molecule has 0 unspecified atom stereocenters. The summed E-state index contributed by atoms with van der Waals surface area (Å²) in [4.78, 5) is 0. The van der Waals surface area contributed by atoms with E-state index in [0.717, 1.165) is 121 Å². The van der Waals surface area contributed by atoms with Gasteiger partial charge in [0.15, 0.2) is 0 Å². The zero-order valence-corrected chi connectivity index (χ0v) is 67.0. The van der Waals surface area contributed by atoms with Crippen molar-refractivity contribution in [1.29, 1.82) is 0 Å². The van der Waals surface area contributed by atoms with E-state index in [1.807, 2.05) is 12.1 Å². The summed E-state index contributed by atoms with van der Waals surface area (Å²) in [5.74, 6) is 6.99. The first kappa shape index (κ1) is 90.1. The predicted octanol–water partition coefficient (Wildman–Crippen LogP) is 28.7. The fraction of sp³-hybridized carbons (Fsp3) is 0.761. The van der Waals surface area contributed by atoms with Crippen LogP contribution >= 0.6 is 0 Å². The second-order valence-corrected chi connectivity index (χ2v) is 31.2. The molecule has 0 bridgehead atoms. The maximum absolute atomic E-state index is 10.9. The molecule has 0 amide bonds. The Balaban J connectivity index is 2.16. The largest absolute Gasteiger partial charge is 0.493 e. The summed E-state index contributed by atoms with van der Waals surface area (Å²) in [6.07, 6.45) is 68.4. The highest BCUT2D eigenvalue weighted by Crippen LogP contribution is 2.38. The van der Waals surface area contributed by atoms with Crippen LogP contribution in [0.4, 0.5) is 0 Å². The van der Waals surface area contributed by atoms with E-state index in [9.17, 15) is 10.2 Å². The van der Waals surface area contributed by atoms with Gasteiger partial charge < -0.3 is 38.6 Å². The molecule has 2 N–H and O–H groups in total. The monoisotopic (exact) mass is 1390 g/mol. The van der Waals surface area contributed by atoms with Gasteiger partial charge in [0.25, 0.3) is 0 Å². The molecule has 0 fully saturated rings. The Morgan fingerprint density at radius 2 is 0.450 bits per heavy atom. The van der Waals surface area contributed by atoms with Crippen molar-refractivity contribution in [3.8, 4) is 34.5 Å². The molecule has 3 aromatic rings. The van der Waals surface area contributed by atoms with E-state index in [1.54, 1.807) is 0 Å². The maximum Gasteiger partial charge on any atom is 0.127 e. The maximum atomic E-state index is 10.9. The second-order valence-electron chi connectivity index (χ2n) is 31.2. The SMILES string of the molecule is CCCCCCCCCCCCOc1cc(CO)c(OCCCCCCCCCCCC)cc1/C=C/c1cc(OCC[C@@H](C)CCCC(C)C)c(/C=C/c2cc(OCCCCCCCCCCCC)c(CO)cc2OCCCCCCCCCCCC)cc1OCC[C@@H](C)CCCC(C)C. The van der Waals surface area contributed by atoms with Crippen molar-refractivity contribution in [3.05, 3.63) is 69.8 Å². The lowest BCUT2D eigenvalue weighted by Gasteiger charge is -2.19. The van der Waals surface area contributed by atoms with Crippen molar-refractivity contribution in [2.75, 3.05) is 39.6 Å². The molecule has 0 heterocycles. The van der Waals surface area contributed by atoms with Crippen LogP contribution in [0.1, 0.15) is 411 Å². The molecule has 574 valence electrons. The van der Waals surface area contributed by atoms with Crippen LogP contribution in [0.25, 0.3) is 24.3 Å². The van der Waals surface area contributed by atoms with Crippen molar-refractivity contribution in [2.45, 2.75) is 391 Å². The van der Waals surface area contributed by atoms with E-state index in [-0.39, 0.29) is 13.2 Å². The second kappa shape index (κ2) is 62.3. The summed E-state index contributed by atoms with van der Waals surface area (Å²) in [7, 11) is 0. The third-order valence-corrected chi connectivity index (χ3v) is 20.5. The van der Waals surface area contributed by atoms with Crippen LogP contribution in [0, 0.1) is 23.7 Å². The predicted molar refractivity (Wildman–Crippen MR) is 434 cm³/mol. The number of benzene rings is 3. The Hall–Kier alpha value is -4.14. The van der Waals surface area contributed by atoms with Crippen LogP contribution in [-0.4, -0.2) is 49.9 Å². The zero-order chi connectivity index (χ0) is 72.1. The molecule has 0 aromatic heterocycles. The van der Waals surface area contributed by atoms with E-state index in [2.05, 4.69) is 118 Å². The van der Waals surface area contributed by atoms with Gasteiger partial charge in [-0.3, -0.25) is 0 Å². The average Bonchev–Trinajstić information content (AvgIpc) is 0.821. The first-order valence-corrected chi connectivity index (χ1v) is 42.8. The minimum absolute atomic E-state index is 0.127. The first-order chi connectivity index (χ1) is 49.0. The minimum Gasteiger partial charge on any atom is -0.493 e. The molecule has 2 atom stereocenters. The van der Waals surface area contributed by atoms with Gasteiger partial charge in [-0.2, -0.15) is 0 Å². The number of aliphatic hydroxyl groups is 2. The molecule has 0 aliphatic heterocycles. The van der Waals surface area contributed by atoms with Gasteiger partial charge >= 0.3 is 0 Å². The minimum atomic E-state index is -0.127. The molecule has 0 radical (unpaired) electrons. The van der Waals surface area contributed by atoms with E-state index in [1.165, 1.54) is 244 Å². The van der Waals surface area contributed by atoms with Crippen LogP contribution in [0.5, 0.6) is 34.5 Å². The smallest absolute Gasteiger partial charge is 0.127 e. The van der Waals surface area contributed by atoms with Crippen molar-refractivity contribution >= 4 is 24.3 Å². The van der Waals surface area contributed by atoms with Gasteiger partial charge in [0, 0.05) is 33.4 Å². The normalized spacial score (nSPS) is 12.5. The summed E-state index contributed by atoms with van der Waals surface area (Å²) in [5.41, 5.74) is 5.20. The topological polar surface area (TPSA) is 95.8 Å². The Labute approximate surface area is 617 Å². The average molecular weight is 1390 g/mol. The zero-order valence-electron chi connectivity index (χ0n) is 67.0. The molecule has 0 saturated heterocycles. The molecular formula is C92H158O8. The van der Waals surface area contributed by atoms with Gasteiger partial charge in [0.05, 0.1) is 52.9 Å². The van der Waals surface area contributed by atoms with Gasteiger partial charge in [0.1, 0.15) is 34.5 Å². The van der Waals surface area contributed by atoms with Gasteiger partial charge in [-0.15, -0.1) is 0 Å². The Kier molecular flexibility index (Phi) is 56.1. The molecule has 0 saturated carbocycles. The highest BCUT2D eigenvalue weighted by molar-refractivity contribution is 5.81. The summed E-state index contributed by atoms with van der Waals surface area (Å²) in [6, 6.07) is 12.6. The molecule has 8 heteroatoms. The van der Waals surface area contributed by atoms with Crippen LogP contribution in [0.2, 0.25) is 0 Å². The summed E-state index contributed by atoms with van der Waals surface area (Å²) in [5, 5.41) is 21.8. The summed E-state index contributed by atoms with van der Waals surface area (Å²) in [6.45, 7) is 26.6. The Morgan fingerprint density at radius 3 is 0.690 bits per heavy atom. The molecule has 3 rings (SSSR count). The van der Waals surface area contributed by atoms with Gasteiger partial charge in [0.2, 0.25) is 0 Å². The molecular weight excluding hydrogens is 1230 g/mol. The number of unbranched alkanes of at least 4 members (excludes halogenated alkanes) is 36. The van der Waals surface area contributed by atoms with Crippen LogP contribution in [0.15, 0.2) is 36.4 Å². The van der Waals surface area contributed by atoms with E-state index >= 15 is 0 Å². The molecule has 0 aliphatic rings. The highest BCUT2D eigenvalue weighted by Gasteiger charge is 2.18. The number of hydrogen-bond donors (Lipinski definition) is 2. The third-order valence-electron chi connectivity index (χ3n) is 20.5. The Morgan fingerprint density at radius 1 is 0.240 bits per heavy atom. The van der Waals surface area contributed by atoms with Crippen molar-refractivity contribution in [3.63, 3.8) is 0 Å². The standard InChI is InChI=1S/C92H158O8/c1-11-15-19-23-27-31-35-39-43-47-63-95-89-73-85(75-93)91(97-65-49-45-41-37-33-29-25-21-17-13-3)71-83(89)59-57-81-69-88(100-68-62-80(10)56-52-54-78(7)8)82(70-87(81)99-67-61-79(9)55-51-53-77(5)6)58-60-84-72-92(98-66-50-46-42-38-34-30-26-22-18-14-4)86(76-94)74-90(84)96-64-48-44-40-36-32-28-24-20-16-12-2/h57-60,69-74,77-80,93-94H,11-56,61-68,75-76H2,1-10H3/b59-57+,60-58+/t79-,80-/m0/s1. The van der Waals surface area contributed by atoms with E-state index in [0.29, 0.717) is 74.8 Å². The van der Waals surface area contributed by atoms with Crippen LogP contribution in [-0.2, 0) is 13.2 Å². The quantitative estimate of drug-likeness (QED) is 0.0426. The van der Waals surface area contributed by atoms with Crippen molar-refractivity contribution in [1.82, 2.24) is 0 Å². The fourth-order valence-corrected chi connectivity index (χ4v) is 13.6. The fourth-order valence-electron chi connectivity index (χ4n) is 13.6. The summed E-state index contributed by atoms with van der Waals surface area (Å²) < 4.78 is 40.8. The van der Waals surface area contributed by atoms with Gasteiger partial charge in [-0.1, -0.05) is 363 Å². The van der Waals surface area contributed by atoms with Crippen LogP contribution in [0.3, 0.4) is 0 Å². The van der Waals surface area contributed by atoms with Crippen LogP contribution < -0.4 is 28.4 Å². The molecule has 100 heavy (non-hydrogen) atoms. The number of hydrogen-bond acceptors (Lipinski definition) is 8. The number of aliphatic hydroxyl groups excluding tert-OH is 2. The van der Waals surface area contributed by atoms with Gasteiger partial charge in [-0.05, 0) is 98.6 Å². The molecule has 0 spiro atoms. The number of rotatable bonds is 70. The summed E-state index contributed by atoms with van der Waals surface area (Å²) >= 11 is 0. The lowest BCUT2D eigenvalue weighted by atomic mass is 9.97. The lowest BCUT2D eigenvalue weighted by molar-refractivity contribution is 0.256. The Bertz CT molecular complexity index is 2270. The third kappa shape index (κ3) is 45.2. The van der Waals surface area contributed by atoms with E-state index < -0.39 is 0 Å². The number of ether oxygens (including phenoxy) is 6. The van der Waals surface area contributed by atoms with E-state index in [4.69, 9.17) is 28.4 Å². The lowest BCUT2D eigenvalue weighted by Crippen LogP contribution is -2.08. The van der Waals surface area contributed by atoms with Crippen molar-refractivity contribution in [2.24, 2.45) is 23.7 Å². The van der Waals surface area contributed by atoms with Gasteiger partial charge in [-0.25, -0.2) is 0 Å².